The summed E-state index contributed by atoms with van der Waals surface area (Å²) in [5.74, 6) is 2.36. The van der Waals surface area contributed by atoms with Crippen molar-refractivity contribution in [2.45, 2.75) is 52.0 Å². The van der Waals surface area contributed by atoms with Gasteiger partial charge in [0, 0.05) is 18.7 Å². The standard InChI is InChI=1S/C14H19N5/c1-3-19-14(12-9-15-10(2)8-16-12)17-13(18-19)11-6-4-5-7-11/h8-9,11H,3-7H2,1-2H3. The molecule has 2 aromatic rings. The Labute approximate surface area is 113 Å². The van der Waals surface area contributed by atoms with Gasteiger partial charge in [-0.1, -0.05) is 12.8 Å². The van der Waals surface area contributed by atoms with E-state index in [4.69, 9.17) is 4.98 Å². The molecule has 0 bridgehead atoms. The zero-order valence-corrected chi connectivity index (χ0v) is 11.5. The summed E-state index contributed by atoms with van der Waals surface area (Å²) in [6.07, 6.45) is 8.58. The van der Waals surface area contributed by atoms with Crippen molar-refractivity contribution in [1.29, 1.82) is 0 Å². The highest BCUT2D eigenvalue weighted by Crippen LogP contribution is 2.33. The van der Waals surface area contributed by atoms with Crippen LogP contribution < -0.4 is 0 Å². The Hall–Kier alpha value is -1.78. The summed E-state index contributed by atoms with van der Waals surface area (Å²) in [5, 5.41) is 4.65. The fourth-order valence-corrected chi connectivity index (χ4v) is 2.63. The number of nitrogens with zero attached hydrogens (tertiary/aromatic N) is 5. The fraction of sp³-hybridized carbons (Fsp3) is 0.571. The van der Waals surface area contributed by atoms with Crippen LogP contribution in [0.3, 0.4) is 0 Å². The SMILES string of the molecule is CCn1nc(C2CCCC2)nc1-c1cnc(C)cn1. The van der Waals surface area contributed by atoms with Crippen LogP contribution in [0, 0.1) is 6.92 Å². The minimum atomic E-state index is 0.532. The third-order valence-corrected chi connectivity index (χ3v) is 3.72. The summed E-state index contributed by atoms with van der Waals surface area (Å²) in [5.41, 5.74) is 1.73. The van der Waals surface area contributed by atoms with E-state index in [1.165, 1.54) is 25.7 Å². The van der Waals surface area contributed by atoms with Crippen LogP contribution in [0.25, 0.3) is 11.5 Å². The van der Waals surface area contributed by atoms with Gasteiger partial charge in [-0.2, -0.15) is 5.10 Å². The van der Waals surface area contributed by atoms with Crippen LogP contribution in [0.15, 0.2) is 12.4 Å². The molecule has 0 N–H and O–H groups in total. The molecule has 0 unspecified atom stereocenters. The fourth-order valence-electron chi connectivity index (χ4n) is 2.63. The maximum atomic E-state index is 4.71. The van der Waals surface area contributed by atoms with E-state index < -0.39 is 0 Å². The largest absolute Gasteiger partial charge is 0.258 e. The Morgan fingerprint density at radius 2 is 2.00 bits per heavy atom. The lowest BCUT2D eigenvalue weighted by molar-refractivity contribution is 0.614. The zero-order valence-electron chi connectivity index (χ0n) is 11.5. The topological polar surface area (TPSA) is 56.5 Å². The normalized spacial score (nSPS) is 16.1. The third kappa shape index (κ3) is 2.37. The second-order valence-corrected chi connectivity index (χ2v) is 5.13. The number of hydrogen-bond acceptors (Lipinski definition) is 4. The molecule has 1 aliphatic rings. The molecular formula is C14H19N5. The van der Waals surface area contributed by atoms with E-state index in [2.05, 4.69) is 22.0 Å². The van der Waals surface area contributed by atoms with Gasteiger partial charge in [0.05, 0.1) is 11.9 Å². The molecule has 2 aromatic heterocycles. The minimum Gasteiger partial charge on any atom is -0.258 e. The van der Waals surface area contributed by atoms with Crippen LogP contribution in [-0.2, 0) is 6.54 Å². The van der Waals surface area contributed by atoms with Crippen molar-refractivity contribution in [2.75, 3.05) is 0 Å². The van der Waals surface area contributed by atoms with Gasteiger partial charge in [-0.15, -0.1) is 0 Å². The number of hydrogen-bond donors (Lipinski definition) is 0. The summed E-state index contributed by atoms with van der Waals surface area (Å²) in [7, 11) is 0. The predicted octanol–water partition coefficient (Wildman–Crippen LogP) is 2.72. The maximum absolute atomic E-state index is 4.71. The van der Waals surface area contributed by atoms with Crippen molar-refractivity contribution in [3.63, 3.8) is 0 Å². The molecule has 5 heteroatoms. The van der Waals surface area contributed by atoms with Crippen molar-refractivity contribution in [2.24, 2.45) is 0 Å². The smallest absolute Gasteiger partial charge is 0.178 e. The molecule has 1 fully saturated rings. The molecule has 1 saturated carbocycles. The Morgan fingerprint density at radius 3 is 2.63 bits per heavy atom. The van der Waals surface area contributed by atoms with E-state index in [0.29, 0.717) is 5.92 Å². The second kappa shape index (κ2) is 5.07. The maximum Gasteiger partial charge on any atom is 0.178 e. The number of rotatable bonds is 3. The van der Waals surface area contributed by atoms with E-state index in [9.17, 15) is 0 Å². The molecule has 2 heterocycles. The number of aryl methyl sites for hydroxylation is 2. The highest BCUT2D eigenvalue weighted by atomic mass is 15.4. The molecule has 100 valence electrons. The highest BCUT2D eigenvalue weighted by molar-refractivity contribution is 5.47. The molecule has 19 heavy (non-hydrogen) atoms. The summed E-state index contributed by atoms with van der Waals surface area (Å²) >= 11 is 0. The van der Waals surface area contributed by atoms with Crippen LogP contribution in [0.4, 0.5) is 0 Å². The summed E-state index contributed by atoms with van der Waals surface area (Å²) < 4.78 is 1.94. The molecular weight excluding hydrogens is 238 g/mol. The molecule has 5 nitrogen and oxygen atoms in total. The van der Waals surface area contributed by atoms with Gasteiger partial charge in [0.25, 0.3) is 0 Å². The quantitative estimate of drug-likeness (QED) is 0.848. The molecule has 0 spiro atoms. The highest BCUT2D eigenvalue weighted by Gasteiger charge is 2.23. The first kappa shape index (κ1) is 12.3. The number of aromatic nitrogens is 5. The molecule has 0 saturated heterocycles. The van der Waals surface area contributed by atoms with Gasteiger partial charge in [-0.25, -0.2) is 14.6 Å². The zero-order chi connectivity index (χ0) is 13.2. The average molecular weight is 257 g/mol. The first-order valence-corrected chi connectivity index (χ1v) is 7.01. The van der Waals surface area contributed by atoms with E-state index in [1.54, 1.807) is 12.4 Å². The first-order valence-electron chi connectivity index (χ1n) is 7.01. The van der Waals surface area contributed by atoms with E-state index in [0.717, 1.165) is 29.6 Å². The first-order chi connectivity index (χ1) is 9.28. The summed E-state index contributed by atoms with van der Waals surface area (Å²) in [6, 6.07) is 0. The molecule has 0 amide bonds. The Bertz CT molecular complexity index is 552. The lowest BCUT2D eigenvalue weighted by Gasteiger charge is -2.01. The monoisotopic (exact) mass is 257 g/mol. The van der Waals surface area contributed by atoms with Gasteiger partial charge in [-0.05, 0) is 26.7 Å². The van der Waals surface area contributed by atoms with Crippen LogP contribution in [-0.4, -0.2) is 24.7 Å². The molecule has 0 aromatic carbocycles. The predicted molar refractivity (Wildman–Crippen MR) is 72.7 cm³/mol. The van der Waals surface area contributed by atoms with Gasteiger partial charge in [0.15, 0.2) is 11.6 Å². The lowest BCUT2D eigenvalue weighted by atomic mass is 10.1. The van der Waals surface area contributed by atoms with Gasteiger partial charge >= 0.3 is 0 Å². The molecule has 0 aliphatic heterocycles. The van der Waals surface area contributed by atoms with Crippen molar-refractivity contribution in [1.82, 2.24) is 24.7 Å². The molecule has 0 radical (unpaired) electrons. The van der Waals surface area contributed by atoms with Gasteiger partial charge < -0.3 is 0 Å². The molecule has 1 aliphatic carbocycles. The summed E-state index contributed by atoms with van der Waals surface area (Å²) in [4.78, 5) is 13.4. The molecule has 3 rings (SSSR count). The Morgan fingerprint density at radius 1 is 1.21 bits per heavy atom. The van der Waals surface area contributed by atoms with Crippen molar-refractivity contribution >= 4 is 0 Å². The average Bonchev–Trinajstić information content (AvgIpc) is 3.08. The van der Waals surface area contributed by atoms with E-state index >= 15 is 0 Å². The Balaban J connectivity index is 1.97. The second-order valence-electron chi connectivity index (χ2n) is 5.13. The van der Waals surface area contributed by atoms with E-state index in [1.807, 2.05) is 11.6 Å². The van der Waals surface area contributed by atoms with Crippen LogP contribution in [0.1, 0.15) is 50.0 Å². The van der Waals surface area contributed by atoms with Gasteiger partial charge in [0.2, 0.25) is 0 Å². The molecule has 0 atom stereocenters. The van der Waals surface area contributed by atoms with Gasteiger partial charge in [0.1, 0.15) is 5.69 Å². The van der Waals surface area contributed by atoms with Crippen molar-refractivity contribution in [3.05, 3.63) is 23.9 Å². The Kier molecular flexibility index (Phi) is 3.27. The summed E-state index contributed by atoms with van der Waals surface area (Å²) in [6.45, 7) is 4.83. The van der Waals surface area contributed by atoms with Crippen LogP contribution in [0.5, 0.6) is 0 Å². The van der Waals surface area contributed by atoms with Crippen LogP contribution in [0.2, 0.25) is 0 Å². The van der Waals surface area contributed by atoms with Crippen molar-refractivity contribution in [3.8, 4) is 11.5 Å². The van der Waals surface area contributed by atoms with Crippen molar-refractivity contribution < 1.29 is 0 Å². The van der Waals surface area contributed by atoms with Crippen LogP contribution >= 0.6 is 0 Å². The van der Waals surface area contributed by atoms with Gasteiger partial charge in [-0.3, -0.25) is 4.98 Å². The lowest BCUT2D eigenvalue weighted by Crippen LogP contribution is -2.02. The van der Waals surface area contributed by atoms with E-state index in [-0.39, 0.29) is 0 Å². The third-order valence-electron chi connectivity index (χ3n) is 3.72. The minimum absolute atomic E-state index is 0.532.